The third-order valence-electron chi connectivity index (χ3n) is 3.61. The summed E-state index contributed by atoms with van der Waals surface area (Å²) in [5, 5.41) is 4.57. The summed E-state index contributed by atoms with van der Waals surface area (Å²) in [4.78, 5) is 12.4. The molecule has 0 amide bonds. The zero-order valence-electron chi connectivity index (χ0n) is 13.2. The number of hydrogen-bond donors (Lipinski definition) is 1. The van der Waals surface area contributed by atoms with Crippen LogP contribution in [0.15, 0.2) is 4.99 Å². The zero-order valence-corrected chi connectivity index (χ0v) is 16.3. The number of rotatable bonds is 4. The second-order valence-corrected chi connectivity index (χ2v) is 6.49. The topological polar surface area (TPSA) is 49.8 Å². The van der Waals surface area contributed by atoms with Crippen molar-refractivity contribution in [2.45, 2.75) is 26.8 Å². The molecular formula is C14H25IN4OS. The molecule has 0 bridgehead atoms. The highest BCUT2D eigenvalue weighted by Crippen LogP contribution is 2.18. The van der Waals surface area contributed by atoms with E-state index in [1.165, 1.54) is 11.3 Å². The van der Waals surface area contributed by atoms with Gasteiger partial charge in [-0.25, -0.2) is 4.98 Å². The number of methoxy groups -OCH3 is 1. The Hall–Kier alpha value is -0.410. The maximum Gasteiger partial charge on any atom is 0.193 e. The lowest BCUT2D eigenvalue weighted by Gasteiger charge is -2.21. The molecule has 1 N–H and O–H groups in total. The van der Waals surface area contributed by atoms with Crippen LogP contribution in [-0.2, 0) is 11.3 Å². The number of nitrogens with zero attached hydrogens (tertiary/aromatic N) is 3. The number of ether oxygens (including phenoxy) is 1. The summed E-state index contributed by atoms with van der Waals surface area (Å²) in [6.07, 6.45) is 1.17. The van der Waals surface area contributed by atoms with Gasteiger partial charge < -0.3 is 15.0 Å². The Bertz CT molecular complexity index is 478. The first-order chi connectivity index (χ1) is 9.63. The standard InChI is InChI=1S/C14H24N4OS.HI/c1-10-13(20-11(2)17-10)7-16-14(15-3)18-6-5-12(8-18)9-19-4;/h12H,5-9H2,1-4H3,(H,15,16);1H. The van der Waals surface area contributed by atoms with Gasteiger partial charge in [-0.3, -0.25) is 4.99 Å². The van der Waals surface area contributed by atoms with Crippen molar-refractivity contribution in [1.29, 1.82) is 0 Å². The molecular weight excluding hydrogens is 399 g/mol. The largest absolute Gasteiger partial charge is 0.384 e. The highest BCUT2D eigenvalue weighted by molar-refractivity contribution is 14.0. The monoisotopic (exact) mass is 424 g/mol. The van der Waals surface area contributed by atoms with Crippen molar-refractivity contribution in [3.05, 3.63) is 15.6 Å². The molecule has 1 aromatic heterocycles. The van der Waals surface area contributed by atoms with E-state index in [2.05, 4.69) is 27.1 Å². The molecule has 1 aliphatic heterocycles. The zero-order chi connectivity index (χ0) is 14.5. The van der Waals surface area contributed by atoms with Crippen LogP contribution < -0.4 is 5.32 Å². The lowest BCUT2D eigenvalue weighted by molar-refractivity contribution is 0.157. The number of aliphatic imine (C=N–C) groups is 1. The molecule has 0 spiro atoms. The quantitative estimate of drug-likeness (QED) is 0.458. The maximum atomic E-state index is 5.24. The van der Waals surface area contributed by atoms with E-state index >= 15 is 0 Å². The molecule has 1 atom stereocenters. The molecule has 0 aliphatic carbocycles. The fourth-order valence-electron chi connectivity index (χ4n) is 2.63. The van der Waals surface area contributed by atoms with Crippen molar-refractivity contribution < 1.29 is 4.74 Å². The van der Waals surface area contributed by atoms with E-state index in [4.69, 9.17) is 4.74 Å². The summed E-state index contributed by atoms with van der Waals surface area (Å²) < 4.78 is 5.24. The van der Waals surface area contributed by atoms with Gasteiger partial charge in [0.25, 0.3) is 0 Å². The highest BCUT2D eigenvalue weighted by atomic mass is 127. The Morgan fingerprint density at radius 3 is 2.86 bits per heavy atom. The first-order valence-corrected chi connectivity index (χ1v) is 7.83. The highest BCUT2D eigenvalue weighted by Gasteiger charge is 2.24. The summed E-state index contributed by atoms with van der Waals surface area (Å²) in [7, 11) is 3.61. The predicted molar refractivity (Wildman–Crippen MR) is 98.8 cm³/mol. The van der Waals surface area contributed by atoms with Gasteiger partial charge in [0.05, 0.1) is 23.9 Å². The number of hydrogen-bond acceptors (Lipinski definition) is 4. The van der Waals surface area contributed by atoms with Crippen LogP contribution in [0, 0.1) is 19.8 Å². The van der Waals surface area contributed by atoms with Gasteiger partial charge in [0, 0.05) is 38.0 Å². The molecule has 1 saturated heterocycles. The van der Waals surface area contributed by atoms with Crippen LogP contribution in [0.2, 0.25) is 0 Å². The molecule has 7 heteroatoms. The van der Waals surface area contributed by atoms with Gasteiger partial charge in [-0.05, 0) is 20.3 Å². The average molecular weight is 424 g/mol. The first kappa shape index (κ1) is 18.6. The first-order valence-electron chi connectivity index (χ1n) is 7.01. The second-order valence-electron chi connectivity index (χ2n) is 5.20. The number of nitrogens with one attached hydrogen (secondary N) is 1. The van der Waals surface area contributed by atoms with E-state index in [0.717, 1.165) is 42.9 Å². The summed E-state index contributed by atoms with van der Waals surface area (Å²) in [5.74, 6) is 1.60. The predicted octanol–water partition coefficient (Wildman–Crippen LogP) is 2.42. The van der Waals surface area contributed by atoms with Crippen LogP contribution >= 0.6 is 35.3 Å². The summed E-state index contributed by atoms with van der Waals surface area (Å²) in [5.41, 5.74) is 1.12. The van der Waals surface area contributed by atoms with E-state index in [1.807, 2.05) is 14.0 Å². The van der Waals surface area contributed by atoms with E-state index in [9.17, 15) is 0 Å². The van der Waals surface area contributed by atoms with Crippen molar-refractivity contribution in [3.63, 3.8) is 0 Å². The third kappa shape index (κ3) is 5.07. The number of likely N-dealkylation sites (tertiary alicyclic amines) is 1. The lowest BCUT2D eigenvalue weighted by Crippen LogP contribution is -2.39. The van der Waals surface area contributed by atoms with E-state index < -0.39 is 0 Å². The van der Waals surface area contributed by atoms with Crippen molar-refractivity contribution >= 4 is 41.3 Å². The Balaban J connectivity index is 0.00000220. The van der Waals surface area contributed by atoms with E-state index in [0.29, 0.717) is 5.92 Å². The molecule has 1 fully saturated rings. The van der Waals surface area contributed by atoms with Gasteiger partial charge in [0.15, 0.2) is 5.96 Å². The van der Waals surface area contributed by atoms with Crippen molar-refractivity contribution in [2.75, 3.05) is 33.9 Å². The molecule has 5 nitrogen and oxygen atoms in total. The minimum Gasteiger partial charge on any atom is -0.384 e. The van der Waals surface area contributed by atoms with Crippen LogP contribution in [0.4, 0.5) is 0 Å². The molecule has 0 aromatic carbocycles. The Morgan fingerprint density at radius 2 is 2.29 bits per heavy atom. The number of guanidine groups is 1. The molecule has 21 heavy (non-hydrogen) atoms. The van der Waals surface area contributed by atoms with Gasteiger partial charge in [0.1, 0.15) is 0 Å². The van der Waals surface area contributed by atoms with Crippen LogP contribution in [0.5, 0.6) is 0 Å². The normalized spacial score (nSPS) is 18.8. The Kier molecular flexibility index (Phi) is 7.89. The number of halogens is 1. The maximum absolute atomic E-state index is 5.24. The fourth-order valence-corrected chi connectivity index (χ4v) is 3.50. The smallest absolute Gasteiger partial charge is 0.193 e. The van der Waals surface area contributed by atoms with Gasteiger partial charge >= 0.3 is 0 Å². The molecule has 2 heterocycles. The van der Waals surface area contributed by atoms with Crippen LogP contribution in [0.25, 0.3) is 0 Å². The molecule has 2 rings (SSSR count). The molecule has 0 saturated carbocycles. The molecule has 1 aliphatic rings. The van der Waals surface area contributed by atoms with Gasteiger partial charge in [-0.2, -0.15) is 0 Å². The van der Waals surface area contributed by atoms with Crippen LogP contribution in [0.3, 0.4) is 0 Å². The number of aromatic nitrogens is 1. The van der Waals surface area contributed by atoms with E-state index in [1.54, 1.807) is 18.4 Å². The summed E-state index contributed by atoms with van der Waals surface area (Å²) >= 11 is 1.75. The summed E-state index contributed by atoms with van der Waals surface area (Å²) in [6, 6.07) is 0. The fraction of sp³-hybridized carbons (Fsp3) is 0.714. The number of thiazole rings is 1. The van der Waals surface area contributed by atoms with Crippen LogP contribution in [0.1, 0.15) is 22.0 Å². The van der Waals surface area contributed by atoms with Crippen LogP contribution in [-0.4, -0.2) is 49.7 Å². The molecule has 0 radical (unpaired) electrons. The minimum absolute atomic E-state index is 0. The summed E-state index contributed by atoms with van der Waals surface area (Å²) in [6.45, 7) is 7.82. The van der Waals surface area contributed by atoms with Gasteiger partial charge in [0.2, 0.25) is 0 Å². The van der Waals surface area contributed by atoms with Crippen molar-refractivity contribution in [2.24, 2.45) is 10.9 Å². The Morgan fingerprint density at radius 1 is 1.52 bits per heavy atom. The van der Waals surface area contributed by atoms with Gasteiger partial charge in [-0.1, -0.05) is 0 Å². The lowest BCUT2D eigenvalue weighted by atomic mass is 10.1. The molecule has 1 unspecified atom stereocenters. The SMILES string of the molecule is CN=C(NCc1sc(C)nc1C)N1CCC(COC)C1.I. The number of aryl methyl sites for hydroxylation is 2. The van der Waals surface area contributed by atoms with Crippen molar-refractivity contribution in [3.8, 4) is 0 Å². The third-order valence-corrected chi connectivity index (χ3v) is 4.68. The minimum atomic E-state index is 0. The van der Waals surface area contributed by atoms with Gasteiger partial charge in [-0.15, -0.1) is 35.3 Å². The van der Waals surface area contributed by atoms with Crippen molar-refractivity contribution in [1.82, 2.24) is 15.2 Å². The average Bonchev–Trinajstić information content (AvgIpc) is 2.98. The second kappa shape index (κ2) is 8.89. The molecule has 120 valence electrons. The van der Waals surface area contributed by atoms with E-state index in [-0.39, 0.29) is 24.0 Å². The Labute approximate surface area is 148 Å². The molecule has 1 aromatic rings.